The number of amides is 1. The summed E-state index contributed by atoms with van der Waals surface area (Å²) < 4.78 is 60.5. The zero-order valence-corrected chi connectivity index (χ0v) is 38.1. The Kier molecular flexibility index (Phi) is 14.2. The summed E-state index contributed by atoms with van der Waals surface area (Å²) in [6, 6.07) is 22.9. The number of halogens is 4. The molecule has 4 aromatic rings. The Morgan fingerprint density at radius 1 is 0.734 bits per heavy atom. The van der Waals surface area contributed by atoms with Gasteiger partial charge in [-0.1, -0.05) is 83.7 Å². The van der Waals surface area contributed by atoms with E-state index in [0.717, 1.165) is 25.7 Å². The van der Waals surface area contributed by atoms with Gasteiger partial charge in [-0.05, 0) is 131 Å². The van der Waals surface area contributed by atoms with Crippen molar-refractivity contribution in [1.29, 1.82) is 0 Å². The van der Waals surface area contributed by atoms with Gasteiger partial charge in [-0.15, -0.1) is 12.0 Å². The van der Waals surface area contributed by atoms with Crippen LogP contribution in [0, 0.1) is 23.8 Å². The second kappa shape index (κ2) is 19.3. The Morgan fingerprint density at radius 3 is 1.73 bits per heavy atom. The molecular weight excluding hydrogens is 839 g/mol. The minimum atomic E-state index is -2.94. The molecule has 1 heterocycles. The molecule has 64 heavy (non-hydrogen) atoms. The van der Waals surface area contributed by atoms with Crippen molar-refractivity contribution in [2.45, 2.75) is 114 Å². The molecule has 1 unspecified atom stereocenters. The van der Waals surface area contributed by atoms with Crippen LogP contribution in [-0.2, 0) is 10.3 Å². The number of Topliss-reactive ketones (excluding diaryl/α,β-unsaturated/α-hetero) is 2. The van der Waals surface area contributed by atoms with Gasteiger partial charge in [-0.25, -0.2) is 4.99 Å². The van der Waals surface area contributed by atoms with Crippen molar-refractivity contribution in [3.05, 3.63) is 129 Å². The van der Waals surface area contributed by atoms with Crippen molar-refractivity contribution in [3.63, 3.8) is 0 Å². The summed E-state index contributed by atoms with van der Waals surface area (Å²) in [5.41, 5.74) is 13.7. The zero-order valence-electron chi connectivity index (χ0n) is 37.1. The maximum absolute atomic E-state index is 13.3. The maximum atomic E-state index is 13.3. The van der Waals surface area contributed by atoms with E-state index in [1.807, 2.05) is 6.07 Å². The standard InChI is InChI=1S/C29H34F2O3Si.C22H19F2N3O2/c1-18(2)35(19(3)4,20(5)6)15-14-21-8-7-9-23(16-21)27(32)28(33)24-12-13-26(34-29(30)31)25(17-24)22-10-11-22;1-3-13-5-4-6-15(11-13)22(19(28)27(2)21(25)26-22)16-9-10-18(29-20(23)24)17(12-16)14-7-8-14/h7-9,12-13,16-20,22,29H,10-11H2,1-6H3;1,4-6,9-12,14,20H,7-8H2,2H3,(H2,25,26). The van der Waals surface area contributed by atoms with Gasteiger partial charge in [0.2, 0.25) is 11.6 Å². The highest BCUT2D eigenvalue weighted by Crippen LogP contribution is 2.49. The summed E-state index contributed by atoms with van der Waals surface area (Å²) in [6.45, 7) is 7.59. The van der Waals surface area contributed by atoms with Crippen LogP contribution in [0.3, 0.4) is 0 Å². The first-order chi connectivity index (χ1) is 30.3. The van der Waals surface area contributed by atoms with E-state index >= 15 is 0 Å². The second-order valence-corrected chi connectivity index (χ2v) is 23.0. The number of nitrogens with zero attached hydrogens (tertiary/aromatic N) is 2. The van der Waals surface area contributed by atoms with Crippen molar-refractivity contribution in [2.24, 2.45) is 10.7 Å². The third-order valence-corrected chi connectivity index (χ3v) is 18.8. The molecule has 8 nitrogen and oxygen atoms in total. The number of carbonyl (C=O) groups excluding carboxylic acids is 3. The average molecular weight is 892 g/mol. The van der Waals surface area contributed by atoms with Crippen LogP contribution in [0.5, 0.6) is 11.5 Å². The molecule has 2 N–H and O–H groups in total. The van der Waals surface area contributed by atoms with Gasteiger partial charge in [0.25, 0.3) is 5.91 Å². The summed E-state index contributed by atoms with van der Waals surface area (Å²) >= 11 is 0. The average Bonchev–Trinajstić information content (AvgIpc) is 4.20. The van der Waals surface area contributed by atoms with Crippen LogP contribution in [0.2, 0.25) is 16.6 Å². The van der Waals surface area contributed by atoms with Crippen LogP contribution in [0.25, 0.3) is 0 Å². The molecule has 2 saturated carbocycles. The van der Waals surface area contributed by atoms with Gasteiger partial charge >= 0.3 is 13.2 Å². The Morgan fingerprint density at radius 2 is 1.23 bits per heavy atom. The minimum absolute atomic E-state index is 0.0666. The number of hydrogen-bond acceptors (Lipinski definition) is 7. The van der Waals surface area contributed by atoms with Gasteiger partial charge in [-0.2, -0.15) is 17.6 Å². The highest BCUT2D eigenvalue weighted by atomic mass is 28.3. The Balaban J connectivity index is 0.000000216. The predicted molar refractivity (Wildman–Crippen MR) is 243 cm³/mol. The quantitative estimate of drug-likeness (QED) is 0.0444. The summed E-state index contributed by atoms with van der Waals surface area (Å²) in [7, 11) is -0.390. The highest BCUT2D eigenvalue weighted by Gasteiger charge is 2.50. The first-order valence-electron chi connectivity index (χ1n) is 21.4. The molecule has 7 rings (SSSR count). The summed E-state index contributed by atoms with van der Waals surface area (Å²) in [4.78, 5) is 45.2. The van der Waals surface area contributed by atoms with E-state index < -0.39 is 38.4 Å². The molecule has 1 atom stereocenters. The lowest BCUT2D eigenvalue weighted by molar-refractivity contribution is -0.129. The number of rotatable bonds is 14. The lowest BCUT2D eigenvalue weighted by Crippen LogP contribution is -2.43. The van der Waals surface area contributed by atoms with Crippen molar-refractivity contribution < 1.29 is 41.4 Å². The number of likely N-dealkylation sites (N-methyl/N-ethyl adjacent to an activating group) is 1. The first-order valence-corrected chi connectivity index (χ1v) is 23.7. The molecule has 1 aliphatic heterocycles. The van der Waals surface area contributed by atoms with Crippen molar-refractivity contribution in [2.75, 3.05) is 7.05 Å². The normalized spacial score (nSPS) is 17.2. The topological polar surface area (TPSA) is 111 Å². The van der Waals surface area contributed by atoms with Gasteiger partial charge in [0, 0.05) is 29.3 Å². The maximum Gasteiger partial charge on any atom is 0.387 e. The molecule has 0 spiro atoms. The number of ketones is 2. The van der Waals surface area contributed by atoms with Crippen LogP contribution < -0.4 is 15.2 Å². The van der Waals surface area contributed by atoms with Crippen LogP contribution in [0.4, 0.5) is 17.6 Å². The number of carbonyl (C=O) groups is 3. The van der Waals surface area contributed by atoms with E-state index in [2.05, 4.69) is 68.7 Å². The largest absolute Gasteiger partial charge is 0.435 e. The van der Waals surface area contributed by atoms with E-state index in [4.69, 9.17) is 16.9 Å². The van der Waals surface area contributed by atoms with Gasteiger partial charge in [0.05, 0.1) is 0 Å². The summed E-state index contributed by atoms with van der Waals surface area (Å²) in [5.74, 6) is 4.69. The van der Waals surface area contributed by atoms with E-state index in [9.17, 15) is 31.9 Å². The Bertz CT molecular complexity index is 2540. The molecule has 3 aliphatic rings. The molecule has 0 bridgehead atoms. The second-order valence-electron chi connectivity index (χ2n) is 17.5. The number of ether oxygens (including phenoxy) is 2. The molecule has 2 fully saturated rings. The Hall–Kier alpha value is -6.18. The fourth-order valence-corrected chi connectivity index (χ4v) is 14.2. The Labute approximate surface area is 373 Å². The third kappa shape index (κ3) is 9.80. The monoisotopic (exact) mass is 891 g/mol. The van der Waals surface area contributed by atoms with Crippen LogP contribution >= 0.6 is 0 Å². The van der Waals surface area contributed by atoms with Gasteiger partial charge < -0.3 is 15.2 Å². The number of aliphatic imine (C=N–C) groups is 1. The lowest BCUT2D eigenvalue weighted by Gasteiger charge is -2.38. The number of terminal acetylenes is 1. The van der Waals surface area contributed by atoms with E-state index in [1.165, 1.54) is 29.2 Å². The molecule has 2 aliphatic carbocycles. The van der Waals surface area contributed by atoms with E-state index in [-0.39, 0.29) is 46.3 Å². The molecule has 1 amide bonds. The zero-order chi connectivity index (χ0) is 46.7. The van der Waals surface area contributed by atoms with Crippen molar-refractivity contribution in [1.82, 2.24) is 4.90 Å². The molecule has 0 aromatic heterocycles. The minimum Gasteiger partial charge on any atom is -0.435 e. The van der Waals surface area contributed by atoms with Gasteiger partial charge in [-0.3, -0.25) is 19.3 Å². The molecule has 334 valence electrons. The highest BCUT2D eigenvalue weighted by molar-refractivity contribution is 6.90. The smallest absolute Gasteiger partial charge is 0.387 e. The van der Waals surface area contributed by atoms with Crippen LogP contribution in [0.15, 0.2) is 89.9 Å². The third-order valence-electron chi connectivity index (χ3n) is 12.5. The number of benzene rings is 4. The fraction of sp³-hybridized carbons (Fsp3) is 0.373. The number of guanidine groups is 1. The number of hydrogen-bond donors (Lipinski definition) is 1. The number of alkyl halides is 4. The SMILES string of the molecule is C#Cc1cccc(C2(c3ccc(OC(F)F)c(C4CC4)c3)N=C(N)N(C)C2=O)c1.CC(C)[Si](C#Cc1cccc(C(=O)C(=O)c2ccc(OC(F)F)c(C3CC3)c2)c1)(C(C)C)C(C)C. The number of nitrogens with two attached hydrogens (primary N) is 1. The van der Waals surface area contributed by atoms with Crippen molar-refractivity contribution >= 4 is 31.5 Å². The summed E-state index contributed by atoms with van der Waals surface area (Å²) in [5, 5.41) is 0. The molecule has 13 heteroatoms. The van der Waals surface area contributed by atoms with E-state index in [0.29, 0.717) is 50.0 Å². The molecule has 0 radical (unpaired) electrons. The van der Waals surface area contributed by atoms with Gasteiger partial charge in [0.1, 0.15) is 19.6 Å². The fourth-order valence-electron chi connectivity index (χ4n) is 8.93. The van der Waals surface area contributed by atoms with Crippen molar-refractivity contribution in [3.8, 4) is 35.3 Å². The first kappa shape index (κ1) is 47.3. The lowest BCUT2D eigenvalue weighted by atomic mass is 9.81. The molecule has 0 saturated heterocycles. The molecule has 4 aromatic carbocycles. The van der Waals surface area contributed by atoms with Crippen LogP contribution in [0.1, 0.15) is 133 Å². The van der Waals surface area contributed by atoms with Crippen LogP contribution in [-0.4, -0.2) is 56.7 Å². The predicted octanol–water partition coefficient (Wildman–Crippen LogP) is 11.0. The molecular formula is C51H53F4N3O5Si. The van der Waals surface area contributed by atoms with E-state index in [1.54, 1.807) is 61.6 Å². The van der Waals surface area contributed by atoms with Gasteiger partial charge in [0.15, 0.2) is 11.5 Å². The summed E-state index contributed by atoms with van der Waals surface area (Å²) in [6.07, 6.45) is 8.98.